The van der Waals surface area contributed by atoms with Gasteiger partial charge in [-0.3, -0.25) is 0 Å². The molecule has 0 atom stereocenters. The molecule has 21 heavy (non-hydrogen) atoms. The highest BCUT2D eigenvalue weighted by Gasteiger charge is 2.19. The quantitative estimate of drug-likeness (QED) is 0.830. The Morgan fingerprint density at radius 1 is 1.10 bits per heavy atom. The van der Waals surface area contributed by atoms with E-state index in [1.165, 1.54) is 18.4 Å². The molecule has 1 fully saturated rings. The highest BCUT2D eigenvalue weighted by molar-refractivity contribution is 9.10. The molecule has 0 amide bonds. The van der Waals surface area contributed by atoms with Crippen molar-refractivity contribution in [1.82, 2.24) is 5.32 Å². The minimum atomic E-state index is 0.271. The lowest BCUT2D eigenvalue weighted by molar-refractivity contribution is 0.304. The summed E-state index contributed by atoms with van der Waals surface area (Å²) in [4.78, 5) is 0. The molecule has 2 aromatic carbocycles. The number of nitrogens with one attached hydrogen (secondary N) is 1. The third-order valence-electron chi connectivity index (χ3n) is 3.50. The van der Waals surface area contributed by atoms with Crippen LogP contribution >= 0.6 is 15.9 Å². The second-order valence-corrected chi connectivity index (χ2v) is 6.23. The predicted octanol–water partition coefficient (Wildman–Crippen LogP) is 3.99. The van der Waals surface area contributed by atoms with Crippen LogP contribution < -0.4 is 10.1 Å². The molecule has 0 aromatic heterocycles. The molecule has 3 rings (SSSR count). The van der Waals surface area contributed by atoms with Crippen molar-refractivity contribution >= 4 is 15.9 Å². The van der Waals surface area contributed by atoms with Gasteiger partial charge in [-0.05, 0) is 64.2 Å². The highest BCUT2D eigenvalue weighted by Crippen LogP contribution is 2.27. The summed E-state index contributed by atoms with van der Waals surface area (Å²) >= 11 is 3.56. The van der Waals surface area contributed by atoms with Crippen LogP contribution in [0.2, 0.25) is 0 Å². The Labute approximate surface area is 133 Å². The summed E-state index contributed by atoms with van der Waals surface area (Å²) in [5.41, 5.74) is 2.28. The van der Waals surface area contributed by atoms with Crippen LogP contribution in [0.5, 0.6) is 11.5 Å². The van der Waals surface area contributed by atoms with Gasteiger partial charge in [-0.25, -0.2) is 0 Å². The molecule has 1 aliphatic carbocycles. The summed E-state index contributed by atoms with van der Waals surface area (Å²) in [7, 11) is 0. The molecule has 2 aromatic rings. The van der Waals surface area contributed by atoms with E-state index in [0.717, 1.165) is 22.3 Å². The zero-order chi connectivity index (χ0) is 14.7. The Bertz CT molecular complexity index is 609. The van der Waals surface area contributed by atoms with Crippen molar-refractivity contribution in [3.63, 3.8) is 0 Å². The molecular weight excluding hydrogens is 330 g/mol. The average molecular weight is 348 g/mol. The maximum absolute atomic E-state index is 9.26. The maximum Gasteiger partial charge on any atom is 0.134 e. The average Bonchev–Trinajstić information content (AvgIpc) is 3.30. The van der Waals surface area contributed by atoms with Crippen LogP contribution in [0.15, 0.2) is 46.9 Å². The van der Waals surface area contributed by atoms with Crippen molar-refractivity contribution in [2.75, 3.05) is 0 Å². The summed E-state index contributed by atoms with van der Waals surface area (Å²) in [6, 6.07) is 14.0. The van der Waals surface area contributed by atoms with Gasteiger partial charge in [0.05, 0.1) is 4.47 Å². The number of rotatable bonds is 6. The topological polar surface area (TPSA) is 41.5 Å². The van der Waals surface area contributed by atoms with Crippen molar-refractivity contribution in [2.24, 2.45) is 0 Å². The number of ether oxygens (including phenoxy) is 1. The van der Waals surface area contributed by atoms with E-state index in [-0.39, 0.29) is 5.75 Å². The molecule has 0 spiro atoms. The minimum absolute atomic E-state index is 0.271. The Morgan fingerprint density at radius 3 is 2.48 bits per heavy atom. The first-order chi connectivity index (χ1) is 10.2. The van der Waals surface area contributed by atoms with Crippen LogP contribution in [0.25, 0.3) is 0 Å². The lowest BCUT2D eigenvalue weighted by atomic mass is 10.2. The zero-order valence-electron chi connectivity index (χ0n) is 11.7. The fraction of sp³-hybridized carbons (Fsp3) is 0.294. The largest absolute Gasteiger partial charge is 0.508 e. The van der Waals surface area contributed by atoms with Gasteiger partial charge < -0.3 is 15.2 Å². The van der Waals surface area contributed by atoms with E-state index in [2.05, 4.69) is 33.4 Å². The summed E-state index contributed by atoms with van der Waals surface area (Å²) in [6.45, 7) is 1.39. The van der Waals surface area contributed by atoms with Gasteiger partial charge in [0.1, 0.15) is 18.1 Å². The highest BCUT2D eigenvalue weighted by atomic mass is 79.9. The summed E-state index contributed by atoms with van der Waals surface area (Å²) in [6.07, 6.45) is 2.60. The number of aromatic hydroxyl groups is 1. The molecule has 0 unspecified atom stereocenters. The lowest BCUT2D eigenvalue weighted by Gasteiger charge is -2.10. The molecule has 1 saturated carbocycles. The first kappa shape index (κ1) is 14.4. The number of phenols is 1. The van der Waals surface area contributed by atoms with Gasteiger partial charge in [-0.2, -0.15) is 0 Å². The van der Waals surface area contributed by atoms with Crippen LogP contribution in [-0.2, 0) is 13.2 Å². The number of hydrogen-bond acceptors (Lipinski definition) is 3. The van der Waals surface area contributed by atoms with E-state index < -0.39 is 0 Å². The molecule has 2 N–H and O–H groups in total. The predicted molar refractivity (Wildman–Crippen MR) is 86.4 cm³/mol. The van der Waals surface area contributed by atoms with Gasteiger partial charge in [-0.15, -0.1) is 0 Å². The molecule has 110 valence electrons. The first-order valence-electron chi connectivity index (χ1n) is 7.13. The van der Waals surface area contributed by atoms with Crippen LogP contribution in [-0.4, -0.2) is 11.1 Å². The van der Waals surface area contributed by atoms with Crippen LogP contribution in [0.1, 0.15) is 24.0 Å². The Morgan fingerprint density at radius 2 is 1.81 bits per heavy atom. The normalized spacial score (nSPS) is 14.1. The second-order valence-electron chi connectivity index (χ2n) is 5.38. The zero-order valence-corrected chi connectivity index (χ0v) is 13.3. The maximum atomic E-state index is 9.26. The van der Waals surface area contributed by atoms with Gasteiger partial charge >= 0.3 is 0 Å². The van der Waals surface area contributed by atoms with Crippen LogP contribution in [0.3, 0.4) is 0 Å². The third-order valence-corrected chi connectivity index (χ3v) is 4.12. The van der Waals surface area contributed by atoms with Crippen molar-refractivity contribution in [3.05, 3.63) is 58.1 Å². The van der Waals surface area contributed by atoms with E-state index in [0.29, 0.717) is 12.6 Å². The molecule has 1 aliphatic rings. The van der Waals surface area contributed by atoms with Crippen molar-refractivity contribution in [3.8, 4) is 11.5 Å². The standard InChI is InChI=1S/C17H18BrNO2/c18-16-9-13(10-19-14-4-5-14)3-8-17(16)21-11-12-1-6-15(20)7-2-12/h1-3,6-9,14,19-20H,4-5,10-11H2. The van der Waals surface area contributed by atoms with Crippen molar-refractivity contribution in [1.29, 1.82) is 0 Å². The summed E-state index contributed by atoms with van der Waals surface area (Å²) in [5.74, 6) is 1.10. The minimum Gasteiger partial charge on any atom is -0.508 e. The number of phenolic OH excluding ortho intramolecular Hbond substituents is 1. The van der Waals surface area contributed by atoms with Crippen LogP contribution in [0, 0.1) is 0 Å². The number of benzene rings is 2. The number of halogens is 1. The fourth-order valence-electron chi connectivity index (χ4n) is 2.07. The van der Waals surface area contributed by atoms with Gasteiger partial charge in [0, 0.05) is 12.6 Å². The van der Waals surface area contributed by atoms with Gasteiger partial charge in [0.2, 0.25) is 0 Å². The molecule has 0 saturated heterocycles. The van der Waals surface area contributed by atoms with E-state index in [1.54, 1.807) is 12.1 Å². The fourth-order valence-corrected chi connectivity index (χ4v) is 2.61. The lowest BCUT2D eigenvalue weighted by Crippen LogP contribution is -2.15. The Hall–Kier alpha value is -1.52. The molecule has 4 heteroatoms. The molecule has 3 nitrogen and oxygen atoms in total. The second kappa shape index (κ2) is 6.50. The molecule has 0 bridgehead atoms. The summed E-state index contributed by atoms with van der Waals surface area (Å²) < 4.78 is 6.78. The monoisotopic (exact) mass is 347 g/mol. The molecular formula is C17H18BrNO2. The number of hydrogen-bond donors (Lipinski definition) is 2. The van der Waals surface area contributed by atoms with Crippen molar-refractivity contribution in [2.45, 2.75) is 32.0 Å². The van der Waals surface area contributed by atoms with Gasteiger partial charge in [-0.1, -0.05) is 18.2 Å². The van der Waals surface area contributed by atoms with E-state index >= 15 is 0 Å². The van der Waals surface area contributed by atoms with E-state index in [9.17, 15) is 5.11 Å². The van der Waals surface area contributed by atoms with Crippen LogP contribution in [0.4, 0.5) is 0 Å². The Kier molecular flexibility index (Phi) is 4.46. The SMILES string of the molecule is Oc1ccc(COc2ccc(CNC3CC3)cc2Br)cc1. The van der Waals surface area contributed by atoms with Gasteiger partial charge in [0.25, 0.3) is 0 Å². The van der Waals surface area contributed by atoms with Gasteiger partial charge in [0.15, 0.2) is 0 Å². The molecule has 0 aliphatic heterocycles. The molecule has 0 heterocycles. The van der Waals surface area contributed by atoms with E-state index in [4.69, 9.17) is 4.74 Å². The first-order valence-corrected chi connectivity index (χ1v) is 7.92. The molecule has 0 radical (unpaired) electrons. The summed E-state index contributed by atoms with van der Waals surface area (Å²) in [5, 5.41) is 12.8. The van der Waals surface area contributed by atoms with E-state index in [1.807, 2.05) is 18.2 Å². The Balaban J connectivity index is 1.58. The third kappa shape index (κ3) is 4.22. The smallest absolute Gasteiger partial charge is 0.134 e. The van der Waals surface area contributed by atoms with Crippen molar-refractivity contribution < 1.29 is 9.84 Å².